The summed E-state index contributed by atoms with van der Waals surface area (Å²) in [6, 6.07) is 1.56. The van der Waals surface area contributed by atoms with E-state index in [0.29, 0.717) is 0 Å². The second-order valence-corrected chi connectivity index (χ2v) is 7.59. The number of nitrogens with one attached hydrogen (secondary N) is 1. The number of nitrogens with zero attached hydrogens (tertiary/aromatic N) is 1. The van der Waals surface area contributed by atoms with Crippen LogP contribution < -0.4 is 5.32 Å². The Morgan fingerprint density at radius 2 is 1.90 bits per heavy atom. The molecule has 0 aromatic heterocycles. The lowest BCUT2D eigenvalue weighted by atomic mass is 9.77. The zero-order valence-electron chi connectivity index (χ0n) is 14.2. The van der Waals surface area contributed by atoms with E-state index in [1.165, 1.54) is 58.2 Å². The maximum absolute atomic E-state index is 3.83. The second kappa shape index (κ2) is 7.79. The van der Waals surface area contributed by atoms with Crippen molar-refractivity contribution in [2.75, 3.05) is 19.6 Å². The monoisotopic (exact) mass is 280 g/mol. The Morgan fingerprint density at radius 1 is 1.10 bits per heavy atom. The van der Waals surface area contributed by atoms with Crippen molar-refractivity contribution in [2.24, 2.45) is 17.8 Å². The molecule has 1 aliphatic carbocycles. The average Bonchev–Trinajstić information content (AvgIpc) is 2.43. The van der Waals surface area contributed by atoms with Crippen molar-refractivity contribution >= 4 is 0 Å². The minimum Gasteiger partial charge on any atom is -0.314 e. The lowest BCUT2D eigenvalue weighted by Gasteiger charge is -2.43. The van der Waals surface area contributed by atoms with Gasteiger partial charge in [0.25, 0.3) is 0 Å². The van der Waals surface area contributed by atoms with Crippen LogP contribution in [0.25, 0.3) is 0 Å². The molecular formula is C18H36N2. The third-order valence-electron chi connectivity index (χ3n) is 5.87. The van der Waals surface area contributed by atoms with Gasteiger partial charge in [-0.05, 0) is 76.3 Å². The number of hydrogen-bond donors (Lipinski definition) is 1. The lowest BCUT2D eigenvalue weighted by molar-refractivity contribution is 0.0688. The van der Waals surface area contributed by atoms with Gasteiger partial charge in [0, 0.05) is 18.6 Å². The second-order valence-electron chi connectivity index (χ2n) is 7.59. The van der Waals surface area contributed by atoms with Gasteiger partial charge in [-0.3, -0.25) is 0 Å². The average molecular weight is 280 g/mol. The Hall–Kier alpha value is -0.0800. The van der Waals surface area contributed by atoms with Gasteiger partial charge in [-0.2, -0.15) is 0 Å². The molecule has 2 rings (SSSR count). The number of piperidine rings is 1. The maximum Gasteiger partial charge on any atom is 0.0108 e. The summed E-state index contributed by atoms with van der Waals surface area (Å²) in [5.74, 6) is 2.68. The van der Waals surface area contributed by atoms with Crippen LogP contribution in [-0.4, -0.2) is 36.6 Å². The number of rotatable bonds is 5. The van der Waals surface area contributed by atoms with E-state index in [-0.39, 0.29) is 0 Å². The molecule has 0 spiro atoms. The van der Waals surface area contributed by atoms with E-state index in [9.17, 15) is 0 Å². The summed E-state index contributed by atoms with van der Waals surface area (Å²) in [4.78, 5) is 2.79. The highest BCUT2D eigenvalue weighted by Gasteiger charge is 2.32. The minimum atomic E-state index is 0.774. The molecule has 0 amide bonds. The maximum atomic E-state index is 3.83. The summed E-state index contributed by atoms with van der Waals surface area (Å²) in [7, 11) is 0. The molecule has 20 heavy (non-hydrogen) atoms. The summed E-state index contributed by atoms with van der Waals surface area (Å²) in [5.41, 5.74) is 0. The van der Waals surface area contributed by atoms with Crippen LogP contribution in [0.2, 0.25) is 0 Å². The normalized spacial score (nSPS) is 39.9. The van der Waals surface area contributed by atoms with Crippen molar-refractivity contribution < 1.29 is 0 Å². The summed E-state index contributed by atoms with van der Waals surface area (Å²) in [6.45, 7) is 13.5. The van der Waals surface area contributed by atoms with E-state index in [0.717, 1.165) is 29.8 Å². The van der Waals surface area contributed by atoms with Gasteiger partial charge in [0.1, 0.15) is 0 Å². The molecule has 1 saturated carbocycles. The van der Waals surface area contributed by atoms with Gasteiger partial charge in [0.15, 0.2) is 0 Å². The van der Waals surface area contributed by atoms with Crippen molar-refractivity contribution in [3.63, 3.8) is 0 Å². The molecule has 0 radical (unpaired) electrons. The molecule has 5 unspecified atom stereocenters. The molecule has 1 N–H and O–H groups in total. The molecule has 118 valence electrons. The largest absolute Gasteiger partial charge is 0.314 e. The van der Waals surface area contributed by atoms with Crippen LogP contribution in [0.1, 0.15) is 66.2 Å². The van der Waals surface area contributed by atoms with Gasteiger partial charge in [-0.15, -0.1) is 0 Å². The zero-order chi connectivity index (χ0) is 14.5. The highest BCUT2D eigenvalue weighted by molar-refractivity contribution is 4.88. The van der Waals surface area contributed by atoms with E-state index in [2.05, 4.69) is 37.9 Å². The van der Waals surface area contributed by atoms with Gasteiger partial charge in [0.2, 0.25) is 0 Å². The number of hydrogen-bond acceptors (Lipinski definition) is 2. The Labute approximate surface area is 126 Å². The summed E-state index contributed by atoms with van der Waals surface area (Å²) < 4.78 is 0. The fraction of sp³-hybridized carbons (Fsp3) is 1.00. The highest BCUT2D eigenvalue weighted by atomic mass is 15.2. The van der Waals surface area contributed by atoms with Gasteiger partial charge in [-0.25, -0.2) is 0 Å². The molecule has 0 bridgehead atoms. The van der Waals surface area contributed by atoms with Crippen LogP contribution in [0.4, 0.5) is 0 Å². The smallest absolute Gasteiger partial charge is 0.0108 e. The van der Waals surface area contributed by atoms with Crippen molar-refractivity contribution in [2.45, 2.75) is 78.3 Å². The van der Waals surface area contributed by atoms with Gasteiger partial charge >= 0.3 is 0 Å². The molecule has 2 fully saturated rings. The molecule has 1 aliphatic heterocycles. The van der Waals surface area contributed by atoms with Crippen molar-refractivity contribution in [1.29, 1.82) is 0 Å². The molecule has 0 aromatic rings. The molecule has 5 atom stereocenters. The summed E-state index contributed by atoms with van der Waals surface area (Å²) in [5, 5.41) is 3.83. The molecule has 2 nitrogen and oxygen atoms in total. The minimum absolute atomic E-state index is 0.774. The van der Waals surface area contributed by atoms with E-state index >= 15 is 0 Å². The van der Waals surface area contributed by atoms with Crippen LogP contribution >= 0.6 is 0 Å². The van der Waals surface area contributed by atoms with Crippen molar-refractivity contribution in [3.8, 4) is 0 Å². The molecule has 2 aliphatic rings. The molecule has 2 heteroatoms. The first-order chi connectivity index (χ1) is 9.61. The zero-order valence-corrected chi connectivity index (χ0v) is 14.2. The summed E-state index contributed by atoms with van der Waals surface area (Å²) >= 11 is 0. The SMILES string of the molecule is CCCNC1CCC(C)CC1CN1CCCC(C)C1C. The Kier molecular flexibility index (Phi) is 6.35. The Balaban J connectivity index is 1.92. The number of likely N-dealkylation sites (tertiary alicyclic amines) is 1. The predicted molar refractivity (Wildman–Crippen MR) is 88.0 cm³/mol. The molecule has 0 aromatic carbocycles. The van der Waals surface area contributed by atoms with Gasteiger partial charge in [0.05, 0.1) is 0 Å². The summed E-state index contributed by atoms with van der Waals surface area (Å²) in [6.07, 6.45) is 8.33. The highest BCUT2D eigenvalue weighted by Crippen LogP contribution is 2.32. The lowest BCUT2D eigenvalue weighted by Crippen LogP contribution is -2.50. The van der Waals surface area contributed by atoms with Gasteiger partial charge in [-0.1, -0.05) is 20.8 Å². The third-order valence-corrected chi connectivity index (χ3v) is 5.87. The van der Waals surface area contributed by atoms with Gasteiger partial charge < -0.3 is 10.2 Å². The fourth-order valence-corrected chi connectivity index (χ4v) is 4.28. The first kappa shape index (κ1) is 16.3. The topological polar surface area (TPSA) is 15.3 Å². The predicted octanol–water partition coefficient (Wildman–Crippen LogP) is 3.91. The van der Waals surface area contributed by atoms with E-state index in [1.807, 2.05) is 0 Å². The molecular weight excluding hydrogens is 244 g/mol. The van der Waals surface area contributed by atoms with E-state index in [4.69, 9.17) is 0 Å². The van der Waals surface area contributed by atoms with Crippen LogP contribution in [0, 0.1) is 17.8 Å². The Morgan fingerprint density at radius 3 is 2.65 bits per heavy atom. The molecule has 1 saturated heterocycles. The first-order valence-corrected chi connectivity index (χ1v) is 9.09. The van der Waals surface area contributed by atoms with Crippen molar-refractivity contribution in [1.82, 2.24) is 10.2 Å². The van der Waals surface area contributed by atoms with E-state index in [1.54, 1.807) is 0 Å². The van der Waals surface area contributed by atoms with Crippen LogP contribution in [0.15, 0.2) is 0 Å². The van der Waals surface area contributed by atoms with Crippen LogP contribution in [0.5, 0.6) is 0 Å². The third kappa shape index (κ3) is 4.21. The van der Waals surface area contributed by atoms with E-state index < -0.39 is 0 Å². The quantitative estimate of drug-likeness (QED) is 0.821. The van der Waals surface area contributed by atoms with Crippen molar-refractivity contribution in [3.05, 3.63) is 0 Å². The Bertz CT molecular complexity index is 277. The molecule has 1 heterocycles. The van der Waals surface area contributed by atoms with Crippen LogP contribution in [-0.2, 0) is 0 Å². The first-order valence-electron chi connectivity index (χ1n) is 9.09. The standard InChI is InChI=1S/C18H36N2/c1-5-10-19-18-9-8-14(2)12-17(18)13-20-11-6-7-15(3)16(20)4/h14-19H,5-13H2,1-4H3. The van der Waals surface area contributed by atoms with Crippen LogP contribution in [0.3, 0.4) is 0 Å². The fourth-order valence-electron chi connectivity index (χ4n) is 4.28.